The van der Waals surface area contributed by atoms with Gasteiger partial charge in [-0.1, -0.05) is 66.2 Å². The van der Waals surface area contributed by atoms with E-state index < -0.39 is 0 Å². The van der Waals surface area contributed by atoms with Gasteiger partial charge in [0.05, 0.1) is 0 Å². The molecule has 2 heterocycles. The lowest BCUT2D eigenvalue weighted by Gasteiger charge is -2.39. The first-order valence-corrected chi connectivity index (χ1v) is 11.9. The topological polar surface area (TPSA) is 35.6 Å². The minimum Gasteiger partial charge on any atom is -0.307 e. The lowest BCUT2D eigenvalue weighted by atomic mass is 9.74. The van der Waals surface area contributed by atoms with Gasteiger partial charge in [0.25, 0.3) is 0 Å². The predicted molar refractivity (Wildman–Crippen MR) is 137 cm³/mol. The number of likely N-dealkylation sites (tertiary alicyclic amines) is 1. The average Bonchev–Trinajstić information content (AvgIpc) is 3.14. The van der Waals surface area contributed by atoms with Crippen LogP contribution in [0.3, 0.4) is 0 Å². The monoisotopic (exact) mass is 455 g/mol. The quantitative estimate of drug-likeness (QED) is 0.506. The number of anilines is 2. The van der Waals surface area contributed by atoms with Gasteiger partial charge in [0, 0.05) is 29.9 Å². The summed E-state index contributed by atoms with van der Waals surface area (Å²) >= 11 is 0. The van der Waals surface area contributed by atoms with Crippen molar-refractivity contribution in [3.63, 3.8) is 0 Å². The molecule has 2 aliphatic heterocycles. The number of nitrogens with zero attached hydrogens (tertiary/aromatic N) is 2. The van der Waals surface area contributed by atoms with E-state index in [0.29, 0.717) is 12.2 Å². The van der Waals surface area contributed by atoms with Crippen molar-refractivity contribution < 1.29 is 9.18 Å². The average molecular weight is 456 g/mol. The minimum atomic E-state index is -0.361. The number of hydrogen-bond acceptors (Lipinski definition) is 2. The van der Waals surface area contributed by atoms with Gasteiger partial charge in [0.2, 0.25) is 0 Å². The molecule has 0 aliphatic carbocycles. The molecule has 2 amide bonds. The van der Waals surface area contributed by atoms with E-state index in [9.17, 15) is 9.18 Å². The first kappa shape index (κ1) is 22.4. The fraction of sp³-hybridized carbons (Fsp3) is 0.276. The van der Waals surface area contributed by atoms with Crippen molar-refractivity contribution in [2.45, 2.75) is 25.2 Å². The van der Waals surface area contributed by atoms with Crippen LogP contribution in [0.1, 0.15) is 29.5 Å². The molecule has 3 aromatic rings. The second-order valence-electron chi connectivity index (χ2n) is 9.44. The number of carbonyl (C=O) groups excluding carboxylic acids is 1. The van der Waals surface area contributed by atoms with Crippen molar-refractivity contribution >= 4 is 23.5 Å². The zero-order valence-corrected chi connectivity index (χ0v) is 19.5. The third-order valence-corrected chi connectivity index (χ3v) is 7.08. The maximum atomic E-state index is 13.6. The van der Waals surface area contributed by atoms with Crippen LogP contribution in [-0.2, 0) is 5.41 Å². The highest BCUT2D eigenvalue weighted by molar-refractivity contribution is 6.03. The fourth-order valence-electron chi connectivity index (χ4n) is 5.21. The Morgan fingerprint density at radius 3 is 2.59 bits per heavy atom. The van der Waals surface area contributed by atoms with Gasteiger partial charge < -0.3 is 5.32 Å². The maximum Gasteiger partial charge on any atom is 0.326 e. The SMILES string of the molecule is Cc1ccc2c(c1)C1(CCN(CC=Cc3ccccc3)CC1)CN2C(=O)Nc1cccc(F)c1. The molecule has 0 bridgehead atoms. The van der Waals surface area contributed by atoms with E-state index >= 15 is 0 Å². The van der Waals surface area contributed by atoms with Crippen LogP contribution < -0.4 is 10.2 Å². The van der Waals surface area contributed by atoms with Crippen LogP contribution in [0.5, 0.6) is 0 Å². The molecule has 34 heavy (non-hydrogen) atoms. The van der Waals surface area contributed by atoms with Gasteiger partial charge in [-0.15, -0.1) is 0 Å². The third kappa shape index (κ3) is 4.62. The van der Waals surface area contributed by atoms with Gasteiger partial charge in [-0.25, -0.2) is 9.18 Å². The summed E-state index contributed by atoms with van der Waals surface area (Å²) in [7, 11) is 0. The van der Waals surface area contributed by atoms with E-state index in [1.165, 1.54) is 28.8 Å². The van der Waals surface area contributed by atoms with Crippen LogP contribution in [0.25, 0.3) is 6.08 Å². The summed E-state index contributed by atoms with van der Waals surface area (Å²) in [4.78, 5) is 17.5. The fourth-order valence-corrected chi connectivity index (χ4v) is 5.21. The van der Waals surface area contributed by atoms with E-state index in [2.05, 4.69) is 71.8 Å². The molecule has 3 aromatic carbocycles. The highest BCUT2D eigenvalue weighted by Gasteiger charge is 2.46. The highest BCUT2D eigenvalue weighted by atomic mass is 19.1. The normalized spacial score (nSPS) is 17.3. The van der Waals surface area contributed by atoms with Crippen molar-refractivity contribution in [1.29, 1.82) is 0 Å². The van der Waals surface area contributed by atoms with Crippen molar-refractivity contribution in [2.75, 3.05) is 36.4 Å². The number of hydrogen-bond donors (Lipinski definition) is 1. The summed E-state index contributed by atoms with van der Waals surface area (Å²) in [6.07, 6.45) is 6.43. The number of benzene rings is 3. The molecule has 1 N–H and O–H groups in total. The van der Waals surface area contributed by atoms with Gasteiger partial charge >= 0.3 is 6.03 Å². The van der Waals surface area contributed by atoms with E-state index in [1.807, 2.05) is 11.0 Å². The van der Waals surface area contributed by atoms with E-state index in [-0.39, 0.29) is 17.3 Å². The summed E-state index contributed by atoms with van der Waals surface area (Å²) in [6, 6.07) is 22.6. The zero-order chi connectivity index (χ0) is 23.5. The van der Waals surface area contributed by atoms with Crippen LogP contribution in [0, 0.1) is 12.7 Å². The standard InChI is InChI=1S/C29H30FN3O/c1-22-12-13-27-26(19-22)29(21-33(27)28(34)31-25-11-5-10-24(30)20-25)14-17-32(18-15-29)16-6-9-23-7-3-2-4-8-23/h2-13,19-20H,14-18,21H2,1H3,(H,31,34). The molecule has 1 saturated heterocycles. The van der Waals surface area contributed by atoms with Crippen molar-refractivity contribution in [2.24, 2.45) is 0 Å². The molecule has 174 valence electrons. The number of aryl methyl sites for hydroxylation is 1. The van der Waals surface area contributed by atoms with Crippen molar-refractivity contribution in [3.8, 4) is 0 Å². The Morgan fingerprint density at radius 1 is 1.03 bits per heavy atom. The van der Waals surface area contributed by atoms with Crippen LogP contribution in [0.15, 0.2) is 78.9 Å². The number of urea groups is 1. The largest absolute Gasteiger partial charge is 0.326 e. The van der Waals surface area contributed by atoms with Gasteiger partial charge in [0.15, 0.2) is 0 Å². The van der Waals surface area contributed by atoms with Crippen molar-refractivity contribution in [1.82, 2.24) is 4.90 Å². The first-order valence-electron chi connectivity index (χ1n) is 11.9. The van der Waals surface area contributed by atoms with Crippen LogP contribution in [-0.4, -0.2) is 37.1 Å². The van der Waals surface area contributed by atoms with Gasteiger partial charge in [0.1, 0.15) is 5.82 Å². The smallest absolute Gasteiger partial charge is 0.307 e. The van der Waals surface area contributed by atoms with Crippen LogP contribution >= 0.6 is 0 Å². The predicted octanol–water partition coefficient (Wildman–Crippen LogP) is 6.23. The molecule has 0 unspecified atom stereocenters. The summed E-state index contributed by atoms with van der Waals surface area (Å²) in [5.41, 5.74) is 5.09. The second kappa shape index (κ2) is 9.43. The van der Waals surface area contributed by atoms with E-state index in [0.717, 1.165) is 38.2 Å². The number of fused-ring (bicyclic) bond motifs is 2. The Labute approximate surface area is 200 Å². The second-order valence-corrected chi connectivity index (χ2v) is 9.44. The molecular formula is C29H30FN3O. The Morgan fingerprint density at radius 2 is 1.82 bits per heavy atom. The Balaban J connectivity index is 1.29. The number of piperidine rings is 1. The van der Waals surface area contributed by atoms with Gasteiger partial charge in [-0.2, -0.15) is 0 Å². The molecule has 0 aromatic heterocycles. The van der Waals surface area contributed by atoms with Gasteiger partial charge in [-0.3, -0.25) is 9.80 Å². The molecule has 5 heteroatoms. The third-order valence-electron chi connectivity index (χ3n) is 7.08. The summed E-state index contributed by atoms with van der Waals surface area (Å²) in [5.74, 6) is -0.361. The number of rotatable bonds is 4. The number of nitrogens with one attached hydrogen (secondary N) is 1. The highest BCUT2D eigenvalue weighted by Crippen LogP contribution is 2.47. The Hall–Kier alpha value is -3.44. The Kier molecular flexibility index (Phi) is 6.20. The molecule has 1 fully saturated rings. The molecule has 4 nitrogen and oxygen atoms in total. The van der Waals surface area contributed by atoms with Gasteiger partial charge in [-0.05, 0) is 68.2 Å². The summed E-state index contributed by atoms with van der Waals surface area (Å²) < 4.78 is 13.6. The summed E-state index contributed by atoms with van der Waals surface area (Å²) in [5, 5.41) is 2.88. The van der Waals surface area contributed by atoms with E-state index in [4.69, 9.17) is 0 Å². The molecule has 5 rings (SSSR count). The van der Waals surface area contributed by atoms with E-state index in [1.54, 1.807) is 12.1 Å². The summed E-state index contributed by atoms with van der Waals surface area (Å²) in [6.45, 7) is 5.67. The molecule has 2 aliphatic rings. The lowest BCUT2D eigenvalue weighted by Crippen LogP contribution is -2.46. The number of amides is 2. The lowest BCUT2D eigenvalue weighted by molar-refractivity contribution is 0.180. The Bertz CT molecular complexity index is 1200. The number of carbonyl (C=O) groups is 1. The molecule has 0 saturated carbocycles. The van der Waals surface area contributed by atoms with Crippen molar-refractivity contribution in [3.05, 3.63) is 101 Å². The molecule has 1 spiro atoms. The number of halogens is 1. The maximum absolute atomic E-state index is 13.6. The first-order chi connectivity index (χ1) is 16.5. The van der Waals surface area contributed by atoms with Crippen LogP contribution in [0.2, 0.25) is 0 Å². The molecule has 0 atom stereocenters. The zero-order valence-electron chi connectivity index (χ0n) is 19.5. The molecule has 0 radical (unpaired) electrons. The molecular weight excluding hydrogens is 425 g/mol. The minimum absolute atomic E-state index is 0.0414. The van der Waals surface area contributed by atoms with Crippen LogP contribution in [0.4, 0.5) is 20.6 Å².